The van der Waals surface area contributed by atoms with Crippen molar-refractivity contribution in [1.29, 1.82) is 0 Å². The highest BCUT2D eigenvalue weighted by Crippen LogP contribution is 2.01. The van der Waals surface area contributed by atoms with E-state index in [-0.39, 0.29) is 0 Å². The van der Waals surface area contributed by atoms with Gasteiger partial charge in [0.25, 0.3) is 0 Å². The third-order valence-corrected chi connectivity index (χ3v) is 1.12. The molecule has 0 aromatic carbocycles. The predicted octanol–water partition coefficient (Wildman–Crippen LogP) is 2.95. The highest BCUT2D eigenvalue weighted by Gasteiger charge is 1.65. The summed E-state index contributed by atoms with van der Waals surface area (Å²) in [5, 5.41) is 3.79. The molecule has 0 fully saturated rings. The van der Waals surface area contributed by atoms with Crippen molar-refractivity contribution in [2.45, 2.75) is 6.42 Å². The maximum Gasteiger partial charge on any atom is -0.0164 e. The average molecular weight is 126 g/mol. The fraction of sp³-hybridized carbons (Fsp3) is 0.143. The van der Waals surface area contributed by atoms with Crippen molar-refractivity contribution < 1.29 is 0 Å². The summed E-state index contributed by atoms with van der Waals surface area (Å²) in [4.78, 5) is 0. The first-order valence-electron chi connectivity index (χ1n) is 2.44. The van der Waals surface area contributed by atoms with Crippen LogP contribution in [-0.4, -0.2) is 0 Å². The lowest BCUT2D eigenvalue weighted by molar-refractivity contribution is 1.42. The number of rotatable bonds is 4. The molecule has 0 heterocycles. The molecular weight excluding hydrogens is 116 g/mol. The van der Waals surface area contributed by atoms with Gasteiger partial charge in [0.15, 0.2) is 0 Å². The molecule has 0 rings (SSSR count). The Morgan fingerprint density at radius 3 is 2.62 bits per heavy atom. The van der Waals surface area contributed by atoms with E-state index >= 15 is 0 Å². The Bertz CT molecular complexity index is 80.6. The van der Waals surface area contributed by atoms with E-state index in [1.54, 1.807) is 17.2 Å². The summed E-state index contributed by atoms with van der Waals surface area (Å²) in [7, 11) is 0. The van der Waals surface area contributed by atoms with Gasteiger partial charge in [-0.1, -0.05) is 18.7 Å². The van der Waals surface area contributed by atoms with Crippen molar-refractivity contribution in [2.24, 2.45) is 0 Å². The van der Waals surface area contributed by atoms with Gasteiger partial charge in [-0.15, -0.1) is 18.3 Å². The molecule has 0 spiro atoms. The summed E-state index contributed by atoms with van der Waals surface area (Å²) >= 11 is 1.58. The minimum atomic E-state index is 0.945. The smallest absolute Gasteiger partial charge is 0.0164 e. The highest BCUT2D eigenvalue weighted by atomic mass is 32.2. The van der Waals surface area contributed by atoms with Crippen LogP contribution in [0.25, 0.3) is 0 Å². The lowest BCUT2D eigenvalue weighted by Crippen LogP contribution is -1.49. The first kappa shape index (κ1) is 7.57. The molecule has 44 valence electrons. The van der Waals surface area contributed by atoms with E-state index in [0.717, 1.165) is 6.42 Å². The predicted molar refractivity (Wildman–Crippen MR) is 41.7 cm³/mol. The topological polar surface area (TPSA) is 0 Å². The van der Waals surface area contributed by atoms with Crippen molar-refractivity contribution in [3.8, 4) is 0 Å². The van der Waals surface area contributed by atoms with Crippen LogP contribution in [0.3, 0.4) is 0 Å². The van der Waals surface area contributed by atoms with Gasteiger partial charge in [0.2, 0.25) is 0 Å². The van der Waals surface area contributed by atoms with Crippen molar-refractivity contribution in [3.05, 3.63) is 36.1 Å². The van der Waals surface area contributed by atoms with Gasteiger partial charge in [0.05, 0.1) is 0 Å². The van der Waals surface area contributed by atoms with Crippen LogP contribution < -0.4 is 0 Å². The molecule has 0 aromatic heterocycles. The normalized spacial score (nSPS) is 9.50. The van der Waals surface area contributed by atoms with Crippen LogP contribution in [0.5, 0.6) is 0 Å². The average Bonchev–Trinajstić information content (AvgIpc) is 1.81. The monoisotopic (exact) mass is 126 g/mol. The van der Waals surface area contributed by atoms with Gasteiger partial charge in [-0.25, -0.2) is 0 Å². The molecule has 0 atom stereocenters. The van der Waals surface area contributed by atoms with Gasteiger partial charge in [-0.05, 0) is 17.2 Å². The Balaban J connectivity index is 3.06. The zero-order valence-electron chi connectivity index (χ0n) is 4.84. The van der Waals surface area contributed by atoms with E-state index in [9.17, 15) is 0 Å². The van der Waals surface area contributed by atoms with Crippen LogP contribution in [0.1, 0.15) is 6.42 Å². The Morgan fingerprint density at radius 2 is 2.12 bits per heavy atom. The zero-order valence-corrected chi connectivity index (χ0v) is 5.66. The molecule has 1 heteroatoms. The van der Waals surface area contributed by atoms with Crippen molar-refractivity contribution in [3.63, 3.8) is 0 Å². The maximum absolute atomic E-state index is 3.57. The molecule has 0 amide bonds. The fourth-order valence-electron chi connectivity index (χ4n) is 0.263. The second-order valence-electron chi connectivity index (χ2n) is 1.20. The zero-order chi connectivity index (χ0) is 6.24. The van der Waals surface area contributed by atoms with E-state index in [1.165, 1.54) is 0 Å². The second-order valence-corrected chi connectivity index (χ2v) is 2.08. The number of hydrogen-bond acceptors (Lipinski definition) is 1. The van der Waals surface area contributed by atoms with Crippen LogP contribution in [0.2, 0.25) is 0 Å². The van der Waals surface area contributed by atoms with E-state index in [2.05, 4.69) is 13.2 Å². The molecule has 0 aliphatic rings. The molecule has 0 aromatic rings. The Labute approximate surface area is 55.0 Å². The minimum Gasteiger partial charge on any atom is -0.107 e. The van der Waals surface area contributed by atoms with Crippen LogP contribution in [0.15, 0.2) is 36.1 Å². The van der Waals surface area contributed by atoms with E-state index < -0.39 is 0 Å². The van der Waals surface area contributed by atoms with Gasteiger partial charge in [0.1, 0.15) is 0 Å². The fourth-order valence-corrected chi connectivity index (χ4v) is 0.596. The summed E-state index contributed by atoms with van der Waals surface area (Å²) in [6.07, 6.45) is 4.85. The molecule has 0 saturated heterocycles. The minimum absolute atomic E-state index is 0.945. The summed E-state index contributed by atoms with van der Waals surface area (Å²) in [5.41, 5.74) is 0. The molecule has 0 aliphatic heterocycles. The SMILES string of the molecule is C=CC/C=C\SC=C. The maximum atomic E-state index is 3.57. The molecule has 0 nitrogen and oxygen atoms in total. The highest BCUT2D eigenvalue weighted by molar-refractivity contribution is 8.04. The first-order chi connectivity index (χ1) is 3.91. The lowest BCUT2D eigenvalue weighted by Gasteiger charge is -1.77. The van der Waals surface area contributed by atoms with Crippen LogP contribution >= 0.6 is 11.8 Å². The molecule has 0 saturated carbocycles. The van der Waals surface area contributed by atoms with Crippen molar-refractivity contribution in [2.75, 3.05) is 0 Å². The molecule has 0 aliphatic carbocycles. The second kappa shape index (κ2) is 6.57. The standard InChI is InChI=1S/C7H10S/c1-3-5-6-7-8-4-2/h3-4,6-7H,1-2,5H2/b7-6-. The van der Waals surface area contributed by atoms with Crippen molar-refractivity contribution in [1.82, 2.24) is 0 Å². The van der Waals surface area contributed by atoms with E-state index in [0.29, 0.717) is 0 Å². The quantitative estimate of drug-likeness (QED) is 0.522. The third kappa shape index (κ3) is 5.57. The molecular formula is C7H10S. The summed E-state index contributed by atoms with van der Waals surface area (Å²) < 4.78 is 0. The number of hydrogen-bond donors (Lipinski definition) is 0. The van der Waals surface area contributed by atoms with E-state index in [1.807, 2.05) is 17.6 Å². The van der Waals surface area contributed by atoms with Crippen LogP contribution in [0, 0.1) is 0 Å². The van der Waals surface area contributed by atoms with Gasteiger partial charge < -0.3 is 0 Å². The molecule has 0 radical (unpaired) electrons. The third-order valence-electron chi connectivity index (χ3n) is 0.574. The summed E-state index contributed by atoms with van der Waals surface area (Å²) in [5.74, 6) is 0. The molecule has 0 unspecified atom stereocenters. The van der Waals surface area contributed by atoms with Crippen LogP contribution in [0.4, 0.5) is 0 Å². The van der Waals surface area contributed by atoms with Gasteiger partial charge in [-0.3, -0.25) is 0 Å². The lowest BCUT2D eigenvalue weighted by atomic mass is 10.4. The first-order valence-corrected chi connectivity index (χ1v) is 3.38. The summed E-state index contributed by atoms with van der Waals surface area (Å²) in [6, 6.07) is 0. The number of thioether (sulfide) groups is 1. The van der Waals surface area contributed by atoms with Gasteiger partial charge >= 0.3 is 0 Å². The van der Waals surface area contributed by atoms with Gasteiger partial charge in [0, 0.05) is 0 Å². The van der Waals surface area contributed by atoms with Crippen molar-refractivity contribution >= 4 is 11.8 Å². The Morgan fingerprint density at radius 1 is 1.38 bits per heavy atom. The molecule has 8 heavy (non-hydrogen) atoms. The largest absolute Gasteiger partial charge is 0.107 e. The Hall–Kier alpha value is -0.430. The van der Waals surface area contributed by atoms with Gasteiger partial charge in [-0.2, -0.15) is 0 Å². The Kier molecular flexibility index (Phi) is 6.22. The molecule has 0 bridgehead atoms. The van der Waals surface area contributed by atoms with Crippen LogP contribution in [-0.2, 0) is 0 Å². The van der Waals surface area contributed by atoms with E-state index in [4.69, 9.17) is 0 Å². The number of allylic oxidation sites excluding steroid dienone is 2. The molecule has 0 N–H and O–H groups in total. The summed E-state index contributed by atoms with van der Waals surface area (Å²) in [6.45, 7) is 7.12.